The van der Waals surface area contributed by atoms with Crippen LogP contribution in [-0.4, -0.2) is 48.2 Å². The number of carbonyl (C=O) groups is 1. The fourth-order valence-electron chi connectivity index (χ4n) is 3.63. The van der Waals surface area contributed by atoms with Crippen molar-refractivity contribution in [3.63, 3.8) is 0 Å². The minimum absolute atomic E-state index is 0.106. The van der Waals surface area contributed by atoms with E-state index in [1.54, 1.807) is 13.0 Å². The van der Waals surface area contributed by atoms with Gasteiger partial charge in [0, 0.05) is 25.6 Å². The first-order chi connectivity index (χ1) is 12.9. The number of aryl methyl sites for hydroxylation is 2. The molecule has 0 aliphatic carbocycles. The van der Waals surface area contributed by atoms with Gasteiger partial charge in [0.05, 0.1) is 6.61 Å². The number of nitrogens with one attached hydrogen (secondary N) is 1. The lowest BCUT2D eigenvalue weighted by Crippen LogP contribution is -2.43. The monoisotopic (exact) mass is 378 g/mol. The van der Waals surface area contributed by atoms with Crippen LogP contribution in [0.15, 0.2) is 15.3 Å². The first-order valence-electron chi connectivity index (χ1n) is 10.2. The number of likely N-dealkylation sites (tertiary alicyclic amines) is 1. The van der Waals surface area contributed by atoms with Crippen molar-refractivity contribution in [2.75, 3.05) is 26.2 Å². The maximum absolute atomic E-state index is 12.4. The highest BCUT2D eigenvalue weighted by Gasteiger charge is 2.21. The Bertz CT molecular complexity index is 669. The van der Waals surface area contributed by atoms with Crippen molar-refractivity contribution in [2.45, 2.75) is 65.3 Å². The molecule has 1 aromatic heterocycles. The minimum atomic E-state index is -0.553. The van der Waals surface area contributed by atoms with E-state index in [9.17, 15) is 14.7 Å². The molecule has 0 radical (unpaired) electrons. The summed E-state index contributed by atoms with van der Waals surface area (Å²) >= 11 is 0. The highest BCUT2D eigenvalue weighted by atomic mass is 16.4. The van der Waals surface area contributed by atoms with Crippen LogP contribution in [0.1, 0.15) is 67.6 Å². The van der Waals surface area contributed by atoms with Gasteiger partial charge in [0.2, 0.25) is 0 Å². The van der Waals surface area contributed by atoms with Crippen LogP contribution < -0.4 is 10.9 Å². The summed E-state index contributed by atoms with van der Waals surface area (Å²) in [5.74, 6) is 0.806. The molecule has 1 aliphatic heterocycles. The van der Waals surface area contributed by atoms with Gasteiger partial charge in [-0.1, -0.05) is 20.3 Å². The zero-order valence-electron chi connectivity index (χ0n) is 16.9. The van der Waals surface area contributed by atoms with Gasteiger partial charge in [-0.15, -0.1) is 0 Å². The third-order valence-corrected chi connectivity index (χ3v) is 5.26. The smallest absolute Gasteiger partial charge is 0.349 e. The molecule has 27 heavy (non-hydrogen) atoms. The molecule has 2 N–H and O–H groups in total. The zero-order chi connectivity index (χ0) is 19.8. The second-order valence-corrected chi connectivity index (χ2v) is 7.97. The summed E-state index contributed by atoms with van der Waals surface area (Å²) in [5.41, 5.74) is 0.219. The van der Waals surface area contributed by atoms with Crippen LogP contribution in [0, 0.1) is 12.8 Å². The summed E-state index contributed by atoms with van der Waals surface area (Å²) in [6, 6.07) is 2.04. The van der Waals surface area contributed by atoms with Gasteiger partial charge in [-0.3, -0.25) is 9.69 Å². The van der Waals surface area contributed by atoms with E-state index in [1.807, 2.05) is 0 Å². The predicted molar refractivity (Wildman–Crippen MR) is 106 cm³/mol. The Hall–Kier alpha value is -1.66. The van der Waals surface area contributed by atoms with Gasteiger partial charge in [0.1, 0.15) is 11.3 Å². The molecule has 0 bridgehead atoms. The molecule has 0 spiro atoms. The summed E-state index contributed by atoms with van der Waals surface area (Å²) in [4.78, 5) is 26.9. The van der Waals surface area contributed by atoms with Crippen molar-refractivity contribution in [3.8, 4) is 0 Å². The molecule has 1 unspecified atom stereocenters. The fraction of sp³-hybridized carbons (Fsp3) is 0.714. The van der Waals surface area contributed by atoms with Crippen LogP contribution in [0.2, 0.25) is 0 Å². The number of hydrogen-bond acceptors (Lipinski definition) is 5. The van der Waals surface area contributed by atoms with Crippen LogP contribution in [0.4, 0.5) is 0 Å². The van der Waals surface area contributed by atoms with Crippen molar-refractivity contribution in [1.82, 2.24) is 10.2 Å². The van der Waals surface area contributed by atoms with Gasteiger partial charge in [0.15, 0.2) is 0 Å². The average Bonchev–Trinajstić information content (AvgIpc) is 2.63. The Morgan fingerprint density at radius 2 is 2.19 bits per heavy atom. The summed E-state index contributed by atoms with van der Waals surface area (Å²) in [7, 11) is 0. The molecule has 1 aliphatic rings. The Labute approximate surface area is 161 Å². The van der Waals surface area contributed by atoms with E-state index in [1.165, 1.54) is 6.42 Å². The number of aliphatic hydroxyl groups is 1. The third kappa shape index (κ3) is 6.47. The molecular formula is C21H34N2O4. The molecule has 6 nitrogen and oxygen atoms in total. The van der Waals surface area contributed by atoms with E-state index in [-0.39, 0.29) is 24.1 Å². The van der Waals surface area contributed by atoms with Crippen molar-refractivity contribution in [2.24, 2.45) is 5.92 Å². The molecule has 0 saturated carbocycles. The van der Waals surface area contributed by atoms with Crippen LogP contribution in [-0.2, 0) is 6.42 Å². The quantitative estimate of drug-likeness (QED) is 0.645. The molecule has 1 amide bonds. The lowest BCUT2D eigenvalue weighted by molar-refractivity contribution is 0.0867. The minimum Gasteiger partial charge on any atom is -0.427 e. The van der Waals surface area contributed by atoms with Crippen molar-refractivity contribution < 1.29 is 14.3 Å². The van der Waals surface area contributed by atoms with Crippen molar-refractivity contribution >= 4 is 5.91 Å². The number of rotatable bonds is 9. The summed E-state index contributed by atoms with van der Waals surface area (Å²) < 4.78 is 5.34. The number of hydrogen-bond donors (Lipinski definition) is 2. The summed E-state index contributed by atoms with van der Waals surface area (Å²) in [6.45, 7) is 8.56. The standard InChI is InChI=1S/C21H34N2O4/c1-15(2)8-9-18-13-16(3)19(21(26)27-18)20(25)22-10-6-12-23-11-5-4-7-17(23)14-24/h13,15,17,24H,4-12,14H2,1-3H3,(H,22,25). The topological polar surface area (TPSA) is 82.8 Å². The molecule has 1 aromatic rings. The Morgan fingerprint density at radius 1 is 1.41 bits per heavy atom. The van der Waals surface area contributed by atoms with Gasteiger partial charge >= 0.3 is 5.63 Å². The maximum Gasteiger partial charge on any atom is 0.349 e. The number of nitrogens with zero attached hydrogens (tertiary/aromatic N) is 1. The Morgan fingerprint density at radius 3 is 2.85 bits per heavy atom. The number of aliphatic hydroxyl groups excluding tert-OH is 1. The van der Waals surface area contributed by atoms with Gasteiger partial charge < -0.3 is 14.8 Å². The molecule has 6 heteroatoms. The van der Waals surface area contributed by atoms with Gasteiger partial charge in [-0.2, -0.15) is 0 Å². The van der Waals surface area contributed by atoms with E-state index in [2.05, 4.69) is 24.1 Å². The van der Waals surface area contributed by atoms with E-state index in [0.717, 1.165) is 38.8 Å². The summed E-state index contributed by atoms with van der Waals surface area (Å²) in [5, 5.41) is 12.3. The molecular weight excluding hydrogens is 344 g/mol. The van der Waals surface area contributed by atoms with Crippen LogP contribution in [0.5, 0.6) is 0 Å². The molecule has 1 fully saturated rings. The second-order valence-electron chi connectivity index (χ2n) is 7.97. The van der Waals surface area contributed by atoms with E-state index in [4.69, 9.17) is 4.42 Å². The molecule has 0 aromatic carbocycles. The Kier molecular flexibility index (Phi) is 8.51. The number of carbonyl (C=O) groups excluding carboxylic acids is 1. The van der Waals surface area contributed by atoms with Crippen LogP contribution in [0.25, 0.3) is 0 Å². The lowest BCUT2D eigenvalue weighted by Gasteiger charge is -2.34. The van der Waals surface area contributed by atoms with Gasteiger partial charge in [-0.05, 0) is 56.7 Å². The van der Waals surface area contributed by atoms with Gasteiger partial charge in [-0.25, -0.2) is 4.79 Å². The van der Waals surface area contributed by atoms with Crippen molar-refractivity contribution in [3.05, 3.63) is 33.4 Å². The van der Waals surface area contributed by atoms with Crippen molar-refractivity contribution in [1.29, 1.82) is 0 Å². The Balaban J connectivity index is 1.85. The first kappa shape index (κ1) is 21.6. The van der Waals surface area contributed by atoms with Crippen LogP contribution >= 0.6 is 0 Å². The molecule has 1 saturated heterocycles. The summed E-state index contributed by atoms with van der Waals surface area (Å²) in [6.07, 6.45) is 5.80. The largest absolute Gasteiger partial charge is 0.427 e. The highest BCUT2D eigenvalue weighted by Crippen LogP contribution is 2.16. The first-order valence-corrected chi connectivity index (χ1v) is 10.2. The molecule has 1 atom stereocenters. The predicted octanol–water partition coefficient (Wildman–Crippen LogP) is 2.50. The van der Waals surface area contributed by atoms with E-state index < -0.39 is 5.63 Å². The normalized spacial score (nSPS) is 18.0. The number of amides is 1. The fourth-order valence-corrected chi connectivity index (χ4v) is 3.63. The average molecular weight is 379 g/mol. The molecule has 152 valence electrons. The highest BCUT2D eigenvalue weighted by molar-refractivity contribution is 5.95. The third-order valence-electron chi connectivity index (χ3n) is 5.26. The lowest BCUT2D eigenvalue weighted by atomic mass is 10.0. The van der Waals surface area contributed by atoms with Crippen LogP contribution in [0.3, 0.4) is 0 Å². The number of piperidine rings is 1. The second kappa shape index (κ2) is 10.6. The van der Waals surface area contributed by atoms with E-state index >= 15 is 0 Å². The SMILES string of the molecule is Cc1cc(CCC(C)C)oc(=O)c1C(=O)NCCCN1CCCCC1CO. The molecule has 2 heterocycles. The maximum atomic E-state index is 12.4. The van der Waals surface area contributed by atoms with Gasteiger partial charge in [0.25, 0.3) is 5.91 Å². The van der Waals surface area contributed by atoms with E-state index in [0.29, 0.717) is 30.2 Å². The zero-order valence-corrected chi connectivity index (χ0v) is 16.9. The molecule has 2 rings (SSSR count).